The summed E-state index contributed by atoms with van der Waals surface area (Å²) < 4.78 is 5.13. The Hall–Kier alpha value is -2.11. The molecule has 23 heavy (non-hydrogen) atoms. The summed E-state index contributed by atoms with van der Waals surface area (Å²) >= 11 is 0. The van der Waals surface area contributed by atoms with Gasteiger partial charge >= 0.3 is 6.03 Å². The molecule has 1 heterocycles. The third kappa shape index (κ3) is 3.02. The maximum atomic E-state index is 12.0. The van der Waals surface area contributed by atoms with Gasteiger partial charge in [0.2, 0.25) is 0 Å². The Morgan fingerprint density at radius 2 is 1.83 bits per heavy atom. The Kier molecular flexibility index (Phi) is 3.67. The van der Waals surface area contributed by atoms with Crippen LogP contribution in [0.25, 0.3) is 10.8 Å². The van der Waals surface area contributed by atoms with Gasteiger partial charge in [-0.05, 0) is 22.8 Å². The number of amides is 2. The van der Waals surface area contributed by atoms with Crippen LogP contribution >= 0.6 is 0 Å². The average Bonchev–Trinajstić information content (AvgIpc) is 3.21. The zero-order valence-electron chi connectivity index (χ0n) is 12.7. The van der Waals surface area contributed by atoms with Gasteiger partial charge in [0.05, 0.1) is 25.4 Å². The molecule has 0 bridgehead atoms. The van der Waals surface area contributed by atoms with Gasteiger partial charge in [-0.1, -0.05) is 42.5 Å². The Bertz CT molecular complexity index is 733. The van der Waals surface area contributed by atoms with Crippen LogP contribution in [0.3, 0.4) is 0 Å². The molecule has 2 aromatic carbocycles. The molecule has 2 aromatic rings. The Balaban J connectivity index is 1.36. The summed E-state index contributed by atoms with van der Waals surface area (Å²) in [6, 6.07) is 14.4. The van der Waals surface area contributed by atoms with E-state index in [0.717, 1.165) is 6.42 Å². The molecule has 0 spiro atoms. The van der Waals surface area contributed by atoms with Gasteiger partial charge in [0.15, 0.2) is 0 Å². The lowest BCUT2D eigenvalue weighted by atomic mass is 10.0. The van der Waals surface area contributed by atoms with Crippen molar-refractivity contribution in [1.29, 1.82) is 0 Å². The SMILES string of the molecule is O=C(N[C@H]1COC[C@H]1O)N[C@@H]1C[C@H]1c1ccc2ccccc2c1. The van der Waals surface area contributed by atoms with E-state index < -0.39 is 6.10 Å². The summed E-state index contributed by atoms with van der Waals surface area (Å²) in [4.78, 5) is 12.0. The van der Waals surface area contributed by atoms with E-state index in [1.54, 1.807) is 0 Å². The molecule has 2 aliphatic rings. The molecular formula is C18H20N2O3. The van der Waals surface area contributed by atoms with Crippen LogP contribution in [0.15, 0.2) is 42.5 Å². The predicted molar refractivity (Wildman–Crippen MR) is 87.4 cm³/mol. The van der Waals surface area contributed by atoms with Crippen molar-refractivity contribution in [1.82, 2.24) is 10.6 Å². The number of ether oxygens (including phenoxy) is 1. The average molecular weight is 312 g/mol. The van der Waals surface area contributed by atoms with Gasteiger partial charge in [-0.15, -0.1) is 0 Å². The van der Waals surface area contributed by atoms with Crippen molar-refractivity contribution in [3.8, 4) is 0 Å². The van der Waals surface area contributed by atoms with Crippen molar-refractivity contribution < 1.29 is 14.6 Å². The number of carbonyl (C=O) groups is 1. The van der Waals surface area contributed by atoms with Gasteiger partial charge in [-0.25, -0.2) is 4.79 Å². The molecule has 1 aliphatic carbocycles. The smallest absolute Gasteiger partial charge is 0.315 e. The van der Waals surface area contributed by atoms with Crippen LogP contribution in [-0.4, -0.2) is 42.5 Å². The molecule has 4 rings (SSSR count). The van der Waals surface area contributed by atoms with Gasteiger partial charge in [-0.3, -0.25) is 0 Å². The number of aliphatic hydroxyl groups is 1. The van der Waals surface area contributed by atoms with Crippen molar-refractivity contribution in [2.45, 2.75) is 30.5 Å². The van der Waals surface area contributed by atoms with Gasteiger partial charge in [0, 0.05) is 12.0 Å². The first-order valence-corrected chi connectivity index (χ1v) is 8.02. The summed E-state index contributed by atoms with van der Waals surface area (Å²) in [7, 11) is 0. The molecule has 3 N–H and O–H groups in total. The monoisotopic (exact) mass is 312 g/mol. The lowest BCUT2D eigenvalue weighted by Gasteiger charge is -2.15. The van der Waals surface area contributed by atoms with Crippen molar-refractivity contribution in [2.75, 3.05) is 13.2 Å². The van der Waals surface area contributed by atoms with Gasteiger partial charge in [-0.2, -0.15) is 0 Å². The molecule has 0 unspecified atom stereocenters. The van der Waals surface area contributed by atoms with Gasteiger partial charge in [0.25, 0.3) is 0 Å². The Morgan fingerprint density at radius 3 is 2.61 bits per heavy atom. The van der Waals surface area contributed by atoms with Crippen LogP contribution < -0.4 is 10.6 Å². The minimum absolute atomic E-state index is 0.163. The normalized spacial score (nSPS) is 29.4. The first-order valence-electron chi connectivity index (χ1n) is 8.02. The topological polar surface area (TPSA) is 70.6 Å². The highest BCUT2D eigenvalue weighted by atomic mass is 16.5. The summed E-state index contributed by atoms with van der Waals surface area (Å²) in [5.41, 5.74) is 1.26. The third-order valence-corrected chi connectivity index (χ3v) is 4.68. The minimum atomic E-state index is -0.615. The number of nitrogens with one attached hydrogen (secondary N) is 2. The van der Waals surface area contributed by atoms with Gasteiger partial charge in [0.1, 0.15) is 0 Å². The van der Waals surface area contributed by atoms with E-state index in [0.29, 0.717) is 12.5 Å². The van der Waals surface area contributed by atoms with E-state index >= 15 is 0 Å². The van der Waals surface area contributed by atoms with Gasteiger partial charge < -0.3 is 20.5 Å². The summed E-state index contributed by atoms with van der Waals surface area (Å²) in [5, 5.41) is 17.9. The minimum Gasteiger partial charge on any atom is -0.388 e. The summed E-state index contributed by atoms with van der Waals surface area (Å²) in [6.07, 6.45) is 0.339. The van der Waals surface area contributed by atoms with Crippen LogP contribution in [0.2, 0.25) is 0 Å². The van der Waals surface area contributed by atoms with Crippen molar-refractivity contribution >= 4 is 16.8 Å². The molecule has 0 aromatic heterocycles. The molecule has 2 fully saturated rings. The number of fused-ring (bicyclic) bond motifs is 1. The second-order valence-corrected chi connectivity index (χ2v) is 6.38. The standard InChI is InChI=1S/C18H20N2O3/c21-17-10-23-9-16(17)20-18(22)19-15-8-14(15)13-6-5-11-3-1-2-4-12(11)7-13/h1-7,14-17,21H,8-10H2,(H2,19,20,22)/t14-,15+,16-,17+/m0/s1. The predicted octanol–water partition coefficient (Wildman–Crippen LogP) is 1.75. The number of urea groups is 1. The van der Waals surface area contributed by atoms with Crippen molar-refractivity contribution in [3.63, 3.8) is 0 Å². The quantitative estimate of drug-likeness (QED) is 0.809. The van der Waals surface area contributed by atoms with Crippen molar-refractivity contribution in [2.24, 2.45) is 0 Å². The Labute approximate surface area is 134 Å². The maximum Gasteiger partial charge on any atom is 0.315 e. The molecule has 4 atom stereocenters. The lowest BCUT2D eigenvalue weighted by molar-refractivity contribution is 0.122. The van der Waals surface area contributed by atoms with E-state index in [1.807, 2.05) is 12.1 Å². The molecule has 1 saturated heterocycles. The molecule has 120 valence electrons. The van der Waals surface area contributed by atoms with E-state index in [4.69, 9.17) is 4.74 Å². The zero-order valence-corrected chi connectivity index (χ0v) is 12.7. The Morgan fingerprint density at radius 1 is 1.04 bits per heavy atom. The zero-order chi connectivity index (χ0) is 15.8. The molecule has 1 saturated carbocycles. The number of benzene rings is 2. The number of rotatable bonds is 3. The lowest BCUT2D eigenvalue weighted by Crippen LogP contribution is -2.48. The highest BCUT2D eigenvalue weighted by molar-refractivity contribution is 5.83. The van der Waals surface area contributed by atoms with E-state index in [-0.39, 0.29) is 24.7 Å². The highest BCUT2D eigenvalue weighted by Gasteiger charge is 2.40. The number of aliphatic hydroxyl groups excluding tert-OH is 1. The van der Waals surface area contributed by atoms with E-state index in [2.05, 4.69) is 41.0 Å². The fourth-order valence-corrected chi connectivity index (χ4v) is 3.22. The molecular weight excluding hydrogens is 292 g/mol. The van der Waals surface area contributed by atoms with Crippen LogP contribution in [0.1, 0.15) is 17.9 Å². The molecule has 5 heteroatoms. The number of hydrogen-bond donors (Lipinski definition) is 3. The number of carbonyl (C=O) groups excluding carboxylic acids is 1. The first kappa shape index (κ1) is 14.5. The molecule has 2 amide bonds. The van der Waals surface area contributed by atoms with Crippen LogP contribution in [-0.2, 0) is 4.74 Å². The summed E-state index contributed by atoms with van der Waals surface area (Å²) in [5.74, 6) is 0.370. The molecule has 0 radical (unpaired) electrons. The fraction of sp³-hybridized carbons (Fsp3) is 0.389. The van der Waals surface area contributed by atoms with E-state index in [9.17, 15) is 9.90 Å². The number of hydrogen-bond acceptors (Lipinski definition) is 3. The largest absolute Gasteiger partial charge is 0.388 e. The van der Waals surface area contributed by atoms with E-state index in [1.165, 1.54) is 16.3 Å². The fourth-order valence-electron chi connectivity index (χ4n) is 3.22. The second kappa shape index (κ2) is 5.83. The highest BCUT2D eigenvalue weighted by Crippen LogP contribution is 2.41. The van der Waals surface area contributed by atoms with Crippen LogP contribution in [0.4, 0.5) is 4.79 Å². The van der Waals surface area contributed by atoms with Crippen LogP contribution in [0.5, 0.6) is 0 Å². The van der Waals surface area contributed by atoms with Crippen molar-refractivity contribution in [3.05, 3.63) is 48.0 Å². The maximum absolute atomic E-state index is 12.0. The molecule has 1 aliphatic heterocycles. The molecule has 5 nitrogen and oxygen atoms in total. The van der Waals surface area contributed by atoms with Crippen LogP contribution in [0, 0.1) is 0 Å². The second-order valence-electron chi connectivity index (χ2n) is 6.38. The summed E-state index contributed by atoms with van der Waals surface area (Å²) in [6.45, 7) is 0.654. The first-order chi connectivity index (χ1) is 11.2. The third-order valence-electron chi connectivity index (χ3n) is 4.68.